The Labute approximate surface area is 148 Å². The normalized spacial score (nSPS) is 23.1. The molecule has 1 aromatic carbocycles. The lowest BCUT2D eigenvalue weighted by Gasteiger charge is -2.20. The van der Waals surface area contributed by atoms with Crippen molar-refractivity contribution in [2.24, 2.45) is 0 Å². The highest BCUT2D eigenvalue weighted by molar-refractivity contribution is 8.01. The summed E-state index contributed by atoms with van der Waals surface area (Å²) in [5, 5.41) is 13.2. The molecule has 1 aliphatic rings. The van der Waals surface area contributed by atoms with Gasteiger partial charge in [-0.25, -0.2) is 0 Å². The van der Waals surface area contributed by atoms with Gasteiger partial charge in [-0.2, -0.15) is 0 Å². The maximum Gasteiger partial charge on any atom is 0.322 e. The smallest absolute Gasteiger partial charge is 0.322 e. The molecule has 0 amide bonds. The fourth-order valence-electron chi connectivity index (χ4n) is 2.57. The first-order valence-corrected chi connectivity index (χ1v) is 8.63. The van der Waals surface area contributed by atoms with E-state index in [-0.39, 0.29) is 5.37 Å². The van der Waals surface area contributed by atoms with E-state index in [0.717, 1.165) is 5.56 Å². The largest absolute Gasteiger partial charge is 0.480 e. The number of benzene rings is 1. The number of halogens is 2. The minimum absolute atomic E-state index is 0.206. The van der Waals surface area contributed by atoms with Crippen LogP contribution in [-0.2, 0) is 4.79 Å². The number of carbonyl (C=O) groups is 1. The van der Waals surface area contributed by atoms with Gasteiger partial charge in [-0.05, 0) is 44.2 Å². The molecule has 2 heterocycles. The quantitative estimate of drug-likeness (QED) is 0.809. The molecule has 0 radical (unpaired) electrons. The van der Waals surface area contributed by atoms with Crippen molar-refractivity contribution in [1.82, 2.24) is 5.32 Å². The van der Waals surface area contributed by atoms with Gasteiger partial charge in [0.25, 0.3) is 0 Å². The third kappa shape index (κ3) is 3.24. The molecule has 7 heteroatoms. The summed E-state index contributed by atoms with van der Waals surface area (Å²) in [4.78, 5) is 11.4. The molecule has 0 bridgehead atoms. The molecule has 0 spiro atoms. The Bertz CT molecular complexity index is 760. The molecule has 23 heavy (non-hydrogen) atoms. The van der Waals surface area contributed by atoms with E-state index in [2.05, 4.69) is 5.32 Å². The molecule has 3 rings (SSSR count). The molecule has 4 nitrogen and oxygen atoms in total. The van der Waals surface area contributed by atoms with Crippen molar-refractivity contribution in [3.63, 3.8) is 0 Å². The number of hydrogen-bond acceptors (Lipinski definition) is 4. The number of rotatable bonds is 3. The molecule has 2 atom stereocenters. The number of aliphatic carboxylic acids is 1. The number of carboxylic acid groups (broad SMARTS) is 1. The van der Waals surface area contributed by atoms with Gasteiger partial charge in [0.2, 0.25) is 0 Å². The third-order valence-electron chi connectivity index (χ3n) is 3.77. The molecule has 122 valence electrons. The van der Waals surface area contributed by atoms with Gasteiger partial charge in [-0.1, -0.05) is 23.2 Å². The van der Waals surface area contributed by atoms with E-state index < -0.39 is 16.8 Å². The van der Waals surface area contributed by atoms with Gasteiger partial charge in [-0.15, -0.1) is 11.8 Å². The molecule has 2 N–H and O–H groups in total. The first-order valence-electron chi connectivity index (χ1n) is 7.00. The summed E-state index contributed by atoms with van der Waals surface area (Å²) in [6.07, 6.45) is 0. The lowest BCUT2D eigenvalue weighted by molar-refractivity contribution is -0.139. The molecule has 0 aliphatic carbocycles. The topological polar surface area (TPSA) is 62.5 Å². The van der Waals surface area contributed by atoms with Crippen LogP contribution in [0.25, 0.3) is 11.3 Å². The van der Waals surface area contributed by atoms with Gasteiger partial charge >= 0.3 is 5.97 Å². The summed E-state index contributed by atoms with van der Waals surface area (Å²) in [6, 6.07) is 8.35. The van der Waals surface area contributed by atoms with Crippen LogP contribution in [0.4, 0.5) is 0 Å². The van der Waals surface area contributed by atoms with E-state index in [1.165, 1.54) is 11.8 Å². The first-order chi connectivity index (χ1) is 10.8. The van der Waals surface area contributed by atoms with Crippen molar-refractivity contribution in [3.05, 3.63) is 46.1 Å². The van der Waals surface area contributed by atoms with E-state index in [1.807, 2.05) is 32.0 Å². The Morgan fingerprint density at radius 3 is 2.61 bits per heavy atom. The van der Waals surface area contributed by atoms with Crippen LogP contribution >= 0.6 is 35.0 Å². The Morgan fingerprint density at radius 1 is 1.26 bits per heavy atom. The van der Waals surface area contributed by atoms with Gasteiger partial charge < -0.3 is 9.52 Å². The SMILES string of the molecule is CC1(C)SC(c2ccc(-c3ccc(Cl)c(Cl)c3)o2)NC1C(=O)O. The molecule has 2 unspecified atom stereocenters. The Kier molecular flexibility index (Phi) is 4.40. The minimum atomic E-state index is -0.860. The van der Waals surface area contributed by atoms with Crippen LogP contribution in [0.5, 0.6) is 0 Å². The highest BCUT2D eigenvalue weighted by Crippen LogP contribution is 2.46. The highest BCUT2D eigenvalue weighted by atomic mass is 35.5. The van der Waals surface area contributed by atoms with Crippen molar-refractivity contribution in [3.8, 4) is 11.3 Å². The summed E-state index contributed by atoms with van der Waals surface area (Å²) in [7, 11) is 0. The second-order valence-electron chi connectivity index (χ2n) is 5.87. The van der Waals surface area contributed by atoms with Crippen LogP contribution in [0.3, 0.4) is 0 Å². The fraction of sp³-hybridized carbons (Fsp3) is 0.312. The lowest BCUT2D eigenvalue weighted by Crippen LogP contribution is -2.43. The highest BCUT2D eigenvalue weighted by Gasteiger charge is 2.46. The predicted octanol–water partition coefficient (Wildman–Crippen LogP) is 4.82. The van der Waals surface area contributed by atoms with Gasteiger partial charge in [0.05, 0.1) is 10.0 Å². The summed E-state index contributed by atoms with van der Waals surface area (Å²) >= 11 is 13.5. The van der Waals surface area contributed by atoms with Crippen LogP contribution in [0.2, 0.25) is 10.0 Å². The summed E-state index contributed by atoms with van der Waals surface area (Å²) in [5.74, 6) is 0.492. The van der Waals surface area contributed by atoms with Crippen molar-refractivity contribution < 1.29 is 14.3 Å². The van der Waals surface area contributed by atoms with Gasteiger partial charge in [0, 0.05) is 10.3 Å². The van der Waals surface area contributed by atoms with Gasteiger partial charge in [0.15, 0.2) is 0 Å². The molecular formula is C16H15Cl2NO3S. The van der Waals surface area contributed by atoms with E-state index in [0.29, 0.717) is 21.6 Å². The third-order valence-corrected chi connectivity index (χ3v) is 5.96. The lowest BCUT2D eigenvalue weighted by atomic mass is 10.0. The molecule has 1 saturated heterocycles. The predicted molar refractivity (Wildman–Crippen MR) is 93.1 cm³/mol. The number of nitrogens with one attached hydrogen (secondary N) is 1. The molecule has 2 aromatic rings. The fourth-order valence-corrected chi connectivity index (χ4v) is 4.22. The van der Waals surface area contributed by atoms with E-state index >= 15 is 0 Å². The van der Waals surface area contributed by atoms with Crippen molar-refractivity contribution in [1.29, 1.82) is 0 Å². The number of carboxylic acids is 1. The zero-order valence-corrected chi connectivity index (χ0v) is 14.8. The zero-order valence-electron chi connectivity index (χ0n) is 12.5. The van der Waals surface area contributed by atoms with Crippen LogP contribution < -0.4 is 5.32 Å². The van der Waals surface area contributed by atoms with Gasteiger partial charge in [-0.3, -0.25) is 10.1 Å². The monoisotopic (exact) mass is 371 g/mol. The molecule has 1 aromatic heterocycles. The van der Waals surface area contributed by atoms with Crippen LogP contribution in [0, 0.1) is 0 Å². The van der Waals surface area contributed by atoms with Crippen molar-refractivity contribution in [2.45, 2.75) is 30.0 Å². The maximum absolute atomic E-state index is 11.4. The second-order valence-corrected chi connectivity index (χ2v) is 8.44. The van der Waals surface area contributed by atoms with Crippen molar-refractivity contribution in [2.75, 3.05) is 0 Å². The van der Waals surface area contributed by atoms with E-state index in [1.54, 1.807) is 12.1 Å². The maximum atomic E-state index is 11.4. The number of hydrogen-bond donors (Lipinski definition) is 2. The number of thioether (sulfide) groups is 1. The Morgan fingerprint density at radius 2 is 2.00 bits per heavy atom. The van der Waals surface area contributed by atoms with Crippen LogP contribution in [-0.4, -0.2) is 21.9 Å². The molecular weight excluding hydrogens is 357 g/mol. The van der Waals surface area contributed by atoms with Crippen LogP contribution in [0.1, 0.15) is 25.0 Å². The Balaban J connectivity index is 1.85. The Hall–Kier alpha value is -1.14. The van der Waals surface area contributed by atoms with Crippen LogP contribution in [0.15, 0.2) is 34.7 Å². The summed E-state index contributed by atoms with van der Waals surface area (Å²) in [5.41, 5.74) is 0.822. The molecule has 1 aliphatic heterocycles. The summed E-state index contributed by atoms with van der Waals surface area (Å²) in [6.45, 7) is 3.82. The minimum Gasteiger partial charge on any atom is -0.480 e. The van der Waals surface area contributed by atoms with Gasteiger partial charge in [0.1, 0.15) is 22.9 Å². The van der Waals surface area contributed by atoms with E-state index in [4.69, 9.17) is 27.6 Å². The average molecular weight is 372 g/mol. The van der Waals surface area contributed by atoms with E-state index in [9.17, 15) is 9.90 Å². The molecule has 0 saturated carbocycles. The average Bonchev–Trinajstić information content (AvgIpc) is 3.06. The second kappa shape index (κ2) is 6.06. The first kappa shape index (κ1) is 16.7. The number of furan rings is 1. The summed E-state index contributed by atoms with van der Waals surface area (Å²) < 4.78 is 5.47. The molecule has 1 fully saturated rings. The standard InChI is InChI=1S/C16H15Cl2NO3S/c1-16(2)13(15(20)21)19-14(23-16)12-6-5-11(22-12)8-3-4-9(17)10(18)7-8/h3-7,13-14,19H,1-2H3,(H,20,21). The van der Waals surface area contributed by atoms with Crippen molar-refractivity contribution >= 4 is 40.9 Å². The zero-order chi connectivity index (χ0) is 16.8.